The zero-order valence-electron chi connectivity index (χ0n) is 17.8. The number of halogens is 1. The Morgan fingerprint density at radius 1 is 1.09 bits per heavy atom. The van der Waals surface area contributed by atoms with Crippen molar-refractivity contribution < 1.29 is 18.7 Å². The maximum absolute atomic E-state index is 13.7. The predicted molar refractivity (Wildman–Crippen MR) is 120 cm³/mol. The maximum Gasteiger partial charge on any atom is 0.234 e. The highest BCUT2D eigenvalue weighted by atomic mass is 32.2. The molecule has 3 rings (SSSR count). The molecule has 2 amide bonds. The number of methoxy groups -OCH3 is 1. The normalized spacial score (nSPS) is 10.6. The molecular formula is C22H24FN5O3S. The minimum atomic E-state index is -0.491. The molecule has 0 spiro atoms. The van der Waals surface area contributed by atoms with Gasteiger partial charge in [-0.2, -0.15) is 0 Å². The molecule has 2 N–H and O–H groups in total. The molecule has 0 saturated heterocycles. The van der Waals surface area contributed by atoms with Crippen LogP contribution in [0.25, 0.3) is 0 Å². The van der Waals surface area contributed by atoms with Crippen LogP contribution in [0.2, 0.25) is 0 Å². The average Bonchev–Trinajstić information content (AvgIpc) is 3.20. The Balaban J connectivity index is 1.51. The number of nitrogens with zero attached hydrogens (tertiary/aromatic N) is 3. The largest absolute Gasteiger partial charge is 0.497 e. The minimum absolute atomic E-state index is 0.0519. The average molecular weight is 458 g/mol. The summed E-state index contributed by atoms with van der Waals surface area (Å²) in [6.07, 6.45) is 0.238. The molecule has 168 valence electrons. The molecule has 1 aromatic heterocycles. The summed E-state index contributed by atoms with van der Waals surface area (Å²) in [4.78, 5) is 24.4. The van der Waals surface area contributed by atoms with Crippen LogP contribution >= 0.6 is 11.8 Å². The molecule has 0 aliphatic rings. The second kappa shape index (κ2) is 11.3. The number of nitrogens with one attached hydrogen (secondary N) is 2. The molecule has 8 nitrogen and oxygen atoms in total. The molecule has 0 radical (unpaired) electrons. The summed E-state index contributed by atoms with van der Waals surface area (Å²) < 4.78 is 20.6. The van der Waals surface area contributed by atoms with Crippen molar-refractivity contribution in [3.63, 3.8) is 0 Å². The monoisotopic (exact) mass is 457 g/mol. The van der Waals surface area contributed by atoms with E-state index in [4.69, 9.17) is 4.74 Å². The van der Waals surface area contributed by atoms with Gasteiger partial charge in [0.15, 0.2) is 11.0 Å². The van der Waals surface area contributed by atoms with Gasteiger partial charge in [0.05, 0.1) is 31.5 Å². The van der Waals surface area contributed by atoms with Crippen molar-refractivity contribution in [3.8, 4) is 5.75 Å². The molecular weight excluding hydrogens is 433 g/mol. The van der Waals surface area contributed by atoms with Gasteiger partial charge in [0, 0.05) is 6.54 Å². The van der Waals surface area contributed by atoms with E-state index in [1.165, 1.54) is 23.9 Å². The van der Waals surface area contributed by atoms with Gasteiger partial charge in [-0.1, -0.05) is 36.0 Å². The molecule has 10 heteroatoms. The third-order valence-electron chi connectivity index (χ3n) is 4.56. The van der Waals surface area contributed by atoms with Gasteiger partial charge in [0.25, 0.3) is 0 Å². The Hall–Kier alpha value is -3.40. The highest BCUT2D eigenvalue weighted by Gasteiger charge is 2.15. The number of benzene rings is 2. The van der Waals surface area contributed by atoms with Gasteiger partial charge in [-0.15, -0.1) is 10.2 Å². The summed E-state index contributed by atoms with van der Waals surface area (Å²) in [5.74, 6) is 0.399. The second-order valence-electron chi connectivity index (χ2n) is 6.76. The first-order valence-corrected chi connectivity index (χ1v) is 11.0. The number of aromatic nitrogens is 3. The fourth-order valence-electron chi connectivity index (χ4n) is 2.92. The number of thioether (sulfide) groups is 1. The van der Waals surface area contributed by atoms with Crippen molar-refractivity contribution in [3.05, 3.63) is 65.7 Å². The molecule has 0 aliphatic heterocycles. The number of anilines is 1. The molecule has 1 heterocycles. The van der Waals surface area contributed by atoms with Gasteiger partial charge in [-0.3, -0.25) is 9.59 Å². The van der Waals surface area contributed by atoms with Crippen molar-refractivity contribution >= 4 is 29.3 Å². The zero-order chi connectivity index (χ0) is 22.9. The van der Waals surface area contributed by atoms with E-state index in [-0.39, 0.29) is 36.2 Å². The molecule has 0 bridgehead atoms. The quantitative estimate of drug-likeness (QED) is 0.454. The first-order chi connectivity index (χ1) is 15.5. The van der Waals surface area contributed by atoms with Crippen LogP contribution in [0.5, 0.6) is 5.75 Å². The lowest BCUT2D eigenvalue weighted by atomic mass is 10.1. The number of carbonyl (C=O) groups is 2. The summed E-state index contributed by atoms with van der Waals surface area (Å²) >= 11 is 1.20. The highest BCUT2D eigenvalue weighted by molar-refractivity contribution is 7.99. The first kappa shape index (κ1) is 23.3. The van der Waals surface area contributed by atoms with Gasteiger partial charge in [-0.05, 0) is 36.8 Å². The predicted octanol–water partition coefficient (Wildman–Crippen LogP) is 3.04. The van der Waals surface area contributed by atoms with E-state index < -0.39 is 5.82 Å². The van der Waals surface area contributed by atoms with Crippen LogP contribution in [0.15, 0.2) is 53.7 Å². The van der Waals surface area contributed by atoms with Crippen LogP contribution in [0.1, 0.15) is 18.3 Å². The summed E-state index contributed by atoms with van der Waals surface area (Å²) in [6.45, 7) is 2.72. The standard InChI is InChI=1S/C22H24FN5O3S/c1-3-28-19(13-24-20(29)12-15-8-10-16(31-2)11-9-15)26-27-22(28)32-14-21(30)25-18-7-5-4-6-17(18)23/h4-11H,3,12-14H2,1-2H3,(H,24,29)(H,25,30). The van der Waals surface area contributed by atoms with Crippen molar-refractivity contribution in [1.82, 2.24) is 20.1 Å². The number of amides is 2. The van der Waals surface area contributed by atoms with E-state index in [1.54, 1.807) is 19.2 Å². The van der Waals surface area contributed by atoms with Crippen LogP contribution in [-0.4, -0.2) is 39.4 Å². The fourth-order valence-corrected chi connectivity index (χ4v) is 3.74. The lowest BCUT2D eigenvalue weighted by molar-refractivity contribution is -0.120. The van der Waals surface area contributed by atoms with Crippen molar-refractivity contribution in [1.29, 1.82) is 0 Å². The van der Waals surface area contributed by atoms with Crippen molar-refractivity contribution in [2.45, 2.75) is 31.6 Å². The minimum Gasteiger partial charge on any atom is -0.497 e. The maximum atomic E-state index is 13.7. The summed E-state index contributed by atoms with van der Waals surface area (Å²) in [6, 6.07) is 13.3. The highest BCUT2D eigenvalue weighted by Crippen LogP contribution is 2.19. The number of hydrogen-bond donors (Lipinski definition) is 2. The lowest BCUT2D eigenvalue weighted by Gasteiger charge is -2.09. The molecule has 0 saturated carbocycles. The smallest absolute Gasteiger partial charge is 0.234 e. The lowest BCUT2D eigenvalue weighted by Crippen LogP contribution is -2.26. The Morgan fingerprint density at radius 3 is 2.53 bits per heavy atom. The topological polar surface area (TPSA) is 98.1 Å². The molecule has 0 aliphatic carbocycles. The van der Waals surface area contributed by atoms with Crippen LogP contribution in [0.3, 0.4) is 0 Å². The number of rotatable bonds is 10. The Bertz CT molecular complexity index is 1070. The molecule has 3 aromatic rings. The van der Waals surface area contributed by atoms with Crippen molar-refractivity contribution in [2.75, 3.05) is 18.2 Å². The van der Waals surface area contributed by atoms with Crippen LogP contribution < -0.4 is 15.4 Å². The summed E-state index contributed by atoms with van der Waals surface area (Å²) in [5.41, 5.74) is 1.01. The van der Waals surface area contributed by atoms with E-state index >= 15 is 0 Å². The first-order valence-electron chi connectivity index (χ1n) is 9.99. The van der Waals surface area contributed by atoms with Gasteiger partial charge in [-0.25, -0.2) is 4.39 Å². The second-order valence-corrected chi connectivity index (χ2v) is 7.70. The Morgan fingerprint density at radius 2 is 1.84 bits per heavy atom. The summed E-state index contributed by atoms with van der Waals surface area (Å²) in [7, 11) is 1.59. The number of carbonyl (C=O) groups excluding carboxylic acids is 2. The van der Waals surface area contributed by atoms with Gasteiger partial charge >= 0.3 is 0 Å². The Labute approximate surface area is 189 Å². The van der Waals surface area contributed by atoms with E-state index in [0.29, 0.717) is 17.5 Å². The molecule has 0 unspecified atom stereocenters. The third kappa shape index (κ3) is 6.30. The third-order valence-corrected chi connectivity index (χ3v) is 5.52. The van der Waals surface area contributed by atoms with Gasteiger partial charge < -0.3 is 19.9 Å². The number of ether oxygens (including phenoxy) is 1. The van der Waals surface area contributed by atoms with Crippen LogP contribution in [0.4, 0.5) is 10.1 Å². The fraction of sp³-hybridized carbons (Fsp3) is 0.273. The van der Waals surface area contributed by atoms with Gasteiger partial charge in [0.1, 0.15) is 11.6 Å². The molecule has 0 fully saturated rings. The van der Waals surface area contributed by atoms with E-state index in [2.05, 4.69) is 20.8 Å². The van der Waals surface area contributed by atoms with E-state index in [9.17, 15) is 14.0 Å². The zero-order valence-corrected chi connectivity index (χ0v) is 18.6. The van der Waals surface area contributed by atoms with E-state index in [1.807, 2.05) is 35.8 Å². The van der Waals surface area contributed by atoms with E-state index in [0.717, 1.165) is 11.3 Å². The molecule has 0 atom stereocenters. The van der Waals surface area contributed by atoms with Crippen LogP contribution in [0, 0.1) is 5.82 Å². The molecule has 32 heavy (non-hydrogen) atoms. The molecule has 2 aromatic carbocycles. The van der Waals surface area contributed by atoms with Crippen molar-refractivity contribution in [2.24, 2.45) is 0 Å². The van der Waals surface area contributed by atoms with Crippen LogP contribution in [-0.2, 0) is 29.1 Å². The number of hydrogen-bond acceptors (Lipinski definition) is 6. The Kier molecular flexibility index (Phi) is 8.20. The summed E-state index contributed by atoms with van der Waals surface area (Å²) in [5, 5.41) is 14.2. The number of para-hydroxylation sites is 1. The van der Waals surface area contributed by atoms with Gasteiger partial charge in [0.2, 0.25) is 11.8 Å². The SMILES string of the molecule is CCn1c(CNC(=O)Cc2ccc(OC)cc2)nnc1SCC(=O)Nc1ccccc1F.